The van der Waals surface area contributed by atoms with Gasteiger partial charge in [-0.3, -0.25) is 9.00 Å². The highest BCUT2D eigenvalue weighted by Gasteiger charge is 2.12. The average Bonchev–Trinajstić information content (AvgIpc) is 2.27. The van der Waals surface area contributed by atoms with E-state index in [1.165, 1.54) is 0 Å². The van der Waals surface area contributed by atoms with E-state index in [-0.39, 0.29) is 11.7 Å². The Morgan fingerprint density at radius 3 is 2.68 bits per heavy atom. The van der Waals surface area contributed by atoms with Crippen LogP contribution in [0.4, 0.5) is 5.69 Å². The number of rotatable bonds is 6. The molecule has 4 nitrogen and oxygen atoms in total. The van der Waals surface area contributed by atoms with Crippen LogP contribution in [0.3, 0.4) is 0 Å². The zero-order valence-electron chi connectivity index (χ0n) is 11.7. The van der Waals surface area contributed by atoms with Crippen LogP contribution in [0, 0.1) is 12.8 Å². The van der Waals surface area contributed by atoms with Crippen LogP contribution in [0.1, 0.15) is 25.8 Å². The summed E-state index contributed by atoms with van der Waals surface area (Å²) in [6.07, 6.45) is 0.930. The largest absolute Gasteiger partial charge is 0.399 e. The number of nitrogens with one attached hydrogen (secondary N) is 1. The molecule has 19 heavy (non-hydrogen) atoms. The summed E-state index contributed by atoms with van der Waals surface area (Å²) in [5.74, 6) is 0.378. The Balaban J connectivity index is 2.52. The minimum atomic E-state index is -1.32. The van der Waals surface area contributed by atoms with Gasteiger partial charge in [-0.25, -0.2) is 0 Å². The fraction of sp³-hybridized carbons (Fsp3) is 0.500. The van der Waals surface area contributed by atoms with Crippen LogP contribution >= 0.6 is 0 Å². The molecule has 0 aliphatic carbocycles. The number of aryl methyl sites for hydroxylation is 1. The van der Waals surface area contributed by atoms with Crippen LogP contribution < -0.4 is 11.1 Å². The Bertz CT molecular complexity index is 473. The van der Waals surface area contributed by atoms with Crippen LogP contribution in [0.2, 0.25) is 0 Å². The lowest BCUT2D eigenvalue weighted by molar-refractivity contribution is -0.118. The predicted molar refractivity (Wildman–Crippen MR) is 79.3 cm³/mol. The summed E-state index contributed by atoms with van der Waals surface area (Å²) in [6, 6.07) is 5.20. The van der Waals surface area contributed by atoms with Crippen molar-refractivity contribution in [1.82, 2.24) is 5.32 Å². The van der Waals surface area contributed by atoms with E-state index >= 15 is 0 Å². The Kier molecular flexibility index (Phi) is 6.02. The van der Waals surface area contributed by atoms with E-state index in [4.69, 9.17) is 5.73 Å². The summed E-state index contributed by atoms with van der Waals surface area (Å²) in [4.78, 5) is 12.3. The minimum Gasteiger partial charge on any atom is -0.399 e. The maximum absolute atomic E-state index is 12.1. The SMILES string of the molecule is Cc1cc(N)ccc1S(=O)CC(=O)NCCC(C)C. The molecule has 0 aromatic heterocycles. The van der Waals surface area contributed by atoms with Crippen molar-refractivity contribution in [2.24, 2.45) is 5.92 Å². The lowest BCUT2D eigenvalue weighted by atomic mass is 10.1. The van der Waals surface area contributed by atoms with Crippen molar-refractivity contribution in [3.8, 4) is 0 Å². The number of benzene rings is 1. The quantitative estimate of drug-likeness (QED) is 0.782. The summed E-state index contributed by atoms with van der Waals surface area (Å²) >= 11 is 0. The normalized spacial score (nSPS) is 12.4. The maximum atomic E-state index is 12.1. The molecule has 3 N–H and O–H groups in total. The first-order valence-corrected chi connectivity index (χ1v) is 7.73. The minimum absolute atomic E-state index is 0.00283. The molecule has 0 spiro atoms. The smallest absolute Gasteiger partial charge is 0.233 e. The van der Waals surface area contributed by atoms with Gasteiger partial charge in [0.15, 0.2) is 0 Å². The van der Waals surface area contributed by atoms with E-state index in [0.29, 0.717) is 23.0 Å². The summed E-state index contributed by atoms with van der Waals surface area (Å²) in [5, 5.41) is 2.79. The molecule has 0 aliphatic rings. The number of nitrogen functional groups attached to an aromatic ring is 1. The monoisotopic (exact) mass is 282 g/mol. The lowest BCUT2D eigenvalue weighted by Gasteiger charge is -2.09. The highest BCUT2D eigenvalue weighted by Crippen LogP contribution is 2.16. The molecule has 106 valence electrons. The third kappa shape index (κ3) is 5.42. The number of hydrogen-bond acceptors (Lipinski definition) is 3. The van der Waals surface area contributed by atoms with Gasteiger partial charge < -0.3 is 11.1 Å². The van der Waals surface area contributed by atoms with Gasteiger partial charge in [-0.1, -0.05) is 13.8 Å². The van der Waals surface area contributed by atoms with Crippen LogP contribution in [0.25, 0.3) is 0 Å². The van der Waals surface area contributed by atoms with E-state index in [2.05, 4.69) is 19.2 Å². The van der Waals surface area contributed by atoms with Gasteiger partial charge in [0.2, 0.25) is 5.91 Å². The van der Waals surface area contributed by atoms with Crippen molar-refractivity contribution in [3.05, 3.63) is 23.8 Å². The Hall–Kier alpha value is -1.36. The summed E-state index contributed by atoms with van der Waals surface area (Å²) < 4.78 is 12.1. The fourth-order valence-electron chi connectivity index (χ4n) is 1.68. The van der Waals surface area contributed by atoms with Crippen LogP contribution in [-0.2, 0) is 15.6 Å². The summed E-state index contributed by atoms with van der Waals surface area (Å²) in [6.45, 7) is 6.68. The van der Waals surface area contributed by atoms with Crippen molar-refractivity contribution < 1.29 is 9.00 Å². The Labute approximate surface area is 117 Å². The number of nitrogens with two attached hydrogens (primary N) is 1. The van der Waals surface area contributed by atoms with E-state index in [0.717, 1.165) is 12.0 Å². The van der Waals surface area contributed by atoms with Gasteiger partial charge in [0.05, 0.1) is 10.8 Å². The predicted octanol–water partition coefficient (Wildman–Crippen LogP) is 1.85. The van der Waals surface area contributed by atoms with Crippen molar-refractivity contribution >= 4 is 22.4 Å². The third-order valence-electron chi connectivity index (χ3n) is 2.75. The molecule has 0 saturated carbocycles. The molecular weight excluding hydrogens is 260 g/mol. The zero-order chi connectivity index (χ0) is 14.4. The van der Waals surface area contributed by atoms with Crippen molar-refractivity contribution in [2.75, 3.05) is 18.0 Å². The van der Waals surface area contributed by atoms with Gasteiger partial charge in [0, 0.05) is 17.1 Å². The number of carbonyl (C=O) groups is 1. The summed E-state index contributed by atoms with van der Waals surface area (Å²) in [5.41, 5.74) is 7.14. The number of hydrogen-bond donors (Lipinski definition) is 2. The molecule has 1 amide bonds. The molecule has 0 radical (unpaired) electrons. The second-order valence-electron chi connectivity index (χ2n) is 5.05. The van der Waals surface area contributed by atoms with E-state index < -0.39 is 10.8 Å². The van der Waals surface area contributed by atoms with Crippen molar-refractivity contribution in [1.29, 1.82) is 0 Å². The van der Waals surface area contributed by atoms with E-state index in [1.54, 1.807) is 18.2 Å². The van der Waals surface area contributed by atoms with Gasteiger partial charge in [-0.05, 0) is 43.0 Å². The fourth-order valence-corrected chi connectivity index (χ4v) is 2.81. The molecule has 1 unspecified atom stereocenters. The molecule has 0 aliphatic heterocycles. The zero-order valence-corrected chi connectivity index (χ0v) is 12.5. The van der Waals surface area contributed by atoms with Crippen LogP contribution in [0.15, 0.2) is 23.1 Å². The molecule has 1 rings (SSSR count). The molecule has 1 aromatic rings. The molecular formula is C14H22N2O2S. The van der Waals surface area contributed by atoms with E-state index in [1.807, 2.05) is 6.92 Å². The van der Waals surface area contributed by atoms with Crippen molar-refractivity contribution in [3.63, 3.8) is 0 Å². The highest BCUT2D eigenvalue weighted by atomic mass is 32.2. The highest BCUT2D eigenvalue weighted by molar-refractivity contribution is 7.85. The molecule has 0 heterocycles. The van der Waals surface area contributed by atoms with Gasteiger partial charge in [0.25, 0.3) is 0 Å². The Morgan fingerprint density at radius 1 is 1.42 bits per heavy atom. The first-order valence-electron chi connectivity index (χ1n) is 6.41. The molecule has 1 atom stereocenters. The first kappa shape index (κ1) is 15.7. The van der Waals surface area contributed by atoms with Gasteiger partial charge in [-0.2, -0.15) is 0 Å². The van der Waals surface area contributed by atoms with Gasteiger partial charge in [-0.15, -0.1) is 0 Å². The second kappa shape index (κ2) is 7.28. The second-order valence-corrected chi connectivity index (χ2v) is 6.47. The number of carbonyl (C=O) groups excluding carboxylic acids is 1. The maximum Gasteiger partial charge on any atom is 0.233 e. The number of anilines is 1. The molecule has 5 heteroatoms. The van der Waals surface area contributed by atoms with Gasteiger partial charge in [0.1, 0.15) is 5.75 Å². The number of amides is 1. The molecule has 0 saturated heterocycles. The first-order chi connectivity index (χ1) is 8.90. The van der Waals surface area contributed by atoms with Gasteiger partial charge >= 0.3 is 0 Å². The molecule has 0 fully saturated rings. The van der Waals surface area contributed by atoms with Crippen LogP contribution in [0.5, 0.6) is 0 Å². The molecule has 1 aromatic carbocycles. The topological polar surface area (TPSA) is 72.2 Å². The third-order valence-corrected chi connectivity index (χ3v) is 4.22. The van der Waals surface area contributed by atoms with Crippen molar-refractivity contribution in [2.45, 2.75) is 32.1 Å². The standard InChI is InChI=1S/C14H22N2O2S/c1-10(2)6-7-16-14(17)9-19(18)13-5-4-12(15)8-11(13)3/h4-5,8,10H,6-7,9,15H2,1-3H3,(H,16,17). The van der Waals surface area contributed by atoms with Crippen LogP contribution in [-0.4, -0.2) is 22.4 Å². The lowest BCUT2D eigenvalue weighted by Crippen LogP contribution is -2.29. The average molecular weight is 282 g/mol. The Morgan fingerprint density at radius 2 is 2.11 bits per heavy atom. The summed E-state index contributed by atoms with van der Waals surface area (Å²) in [7, 11) is -1.32. The molecule has 0 bridgehead atoms. The van der Waals surface area contributed by atoms with E-state index in [9.17, 15) is 9.00 Å².